The van der Waals surface area contributed by atoms with E-state index in [9.17, 15) is 19.5 Å². The number of esters is 2. The van der Waals surface area contributed by atoms with Gasteiger partial charge in [0.1, 0.15) is 13.2 Å². The summed E-state index contributed by atoms with van der Waals surface area (Å²) >= 11 is 0. The van der Waals surface area contributed by atoms with Crippen molar-refractivity contribution >= 4 is 17.9 Å². The second-order valence-electron chi connectivity index (χ2n) is 28.7. The normalized spacial score (nSPS) is 12.6. The summed E-state index contributed by atoms with van der Waals surface area (Å²) < 4.78 is 23.1. The van der Waals surface area contributed by atoms with Crippen molar-refractivity contribution in [1.29, 1.82) is 0 Å². The Morgan fingerprint density at radius 3 is 0.831 bits per heavy atom. The Labute approximate surface area is 555 Å². The van der Waals surface area contributed by atoms with E-state index in [2.05, 4.69) is 26.0 Å². The number of carboxylic acids is 1. The van der Waals surface area contributed by atoms with Gasteiger partial charge in [0.05, 0.1) is 34.4 Å². The van der Waals surface area contributed by atoms with Crippen molar-refractivity contribution < 1.29 is 42.9 Å². The SMILES string of the molecule is CCCCCCCCCC/C=C\CCCCCCCCCCCCCCCCCCCCCCCCCCCCCC(=O)OC(COC(=O)CCCCCCCCCCCCCCCCCCCCCCCCCCC)COC(OCC[N+](C)(C)C)C(=O)O. The first-order valence-electron chi connectivity index (χ1n) is 39.9. The molecule has 89 heavy (non-hydrogen) atoms. The summed E-state index contributed by atoms with van der Waals surface area (Å²) in [4.78, 5) is 37.7. The third-order valence-corrected chi connectivity index (χ3v) is 18.5. The van der Waals surface area contributed by atoms with E-state index in [1.54, 1.807) is 0 Å². The first-order valence-corrected chi connectivity index (χ1v) is 39.9. The molecular formula is C80H156NO8+. The van der Waals surface area contributed by atoms with Crippen LogP contribution in [0, 0.1) is 0 Å². The highest BCUT2D eigenvalue weighted by Gasteiger charge is 2.25. The predicted octanol–water partition coefficient (Wildman–Crippen LogP) is 25.2. The van der Waals surface area contributed by atoms with Crippen molar-refractivity contribution in [2.45, 2.75) is 437 Å². The van der Waals surface area contributed by atoms with E-state index in [1.807, 2.05) is 21.1 Å². The third-order valence-electron chi connectivity index (χ3n) is 18.5. The van der Waals surface area contributed by atoms with Crippen molar-refractivity contribution in [1.82, 2.24) is 0 Å². The van der Waals surface area contributed by atoms with Gasteiger partial charge >= 0.3 is 17.9 Å². The zero-order valence-corrected chi connectivity index (χ0v) is 60.6. The molecule has 9 nitrogen and oxygen atoms in total. The van der Waals surface area contributed by atoms with Crippen molar-refractivity contribution in [2.24, 2.45) is 0 Å². The number of hydrogen-bond donors (Lipinski definition) is 1. The molecule has 2 unspecified atom stereocenters. The summed E-state index contributed by atoms with van der Waals surface area (Å²) in [5.74, 6) is -1.96. The highest BCUT2D eigenvalue weighted by Crippen LogP contribution is 2.20. The van der Waals surface area contributed by atoms with Crippen LogP contribution in [0.3, 0.4) is 0 Å². The molecule has 0 aliphatic rings. The smallest absolute Gasteiger partial charge is 0.361 e. The van der Waals surface area contributed by atoms with E-state index in [4.69, 9.17) is 18.9 Å². The van der Waals surface area contributed by atoms with Crippen LogP contribution in [-0.2, 0) is 33.3 Å². The van der Waals surface area contributed by atoms with Crippen LogP contribution in [0.4, 0.5) is 0 Å². The minimum absolute atomic E-state index is 0.172. The zero-order valence-electron chi connectivity index (χ0n) is 60.6. The number of hydrogen-bond acceptors (Lipinski definition) is 7. The van der Waals surface area contributed by atoms with Crippen LogP contribution in [0.5, 0.6) is 0 Å². The number of carboxylic acid groups (broad SMARTS) is 1. The Hall–Kier alpha value is -1.97. The number of rotatable bonds is 76. The molecule has 0 saturated carbocycles. The Kier molecular flexibility index (Phi) is 70.3. The lowest BCUT2D eigenvalue weighted by molar-refractivity contribution is -0.870. The van der Waals surface area contributed by atoms with Gasteiger partial charge in [-0.05, 0) is 38.5 Å². The number of quaternary nitrogens is 1. The lowest BCUT2D eigenvalue weighted by atomic mass is 10.0. The van der Waals surface area contributed by atoms with Crippen molar-refractivity contribution in [2.75, 3.05) is 47.5 Å². The van der Waals surface area contributed by atoms with E-state index in [1.165, 1.54) is 360 Å². The predicted molar refractivity (Wildman–Crippen MR) is 383 cm³/mol. The number of aliphatic carboxylic acids is 1. The Bertz CT molecular complexity index is 1460. The second-order valence-corrected chi connectivity index (χ2v) is 28.7. The monoisotopic (exact) mass is 1260 g/mol. The molecular weight excluding hydrogens is 1100 g/mol. The standard InChI is InChI=1S/C80H155NO8/c1-6-8-10-12-14-16-18-20-22-24-26-28-30-32-33-34-35-36-37-38-39-40-41-42-43-44-45-47-49-51-53-55-57-59-61-63-65-67-69-71-78(83)89-76(75-88-80(79(84)85)86-73-72-81(3,4)5)74-87-77(82)70-68-66-64-62-60-58-56-54-52-50-48-46-31-29-27-25-23-21-19-17-15-13-11-9-7-2/h24,26,76,80H,6-23,25,27-75H2,1-5H3/p+1/b26-24-. The Balaban J connectivity index is 3.93. The average molecular weight is 1260 g/mol. The van der Waals surface area contributed by atoms with Gasteiger partial charge in [0.25, 0.3) is 6.29 Å². The number of carbonyl (C=O) groups excluding carboxylic acids is 2. The van der Waals surface area contributed by atoms with Gasteiger partial charge in [-0.1, -0.05) is 386 Å². The van der Waals surface area contributed by atoms with E-state index in [0.29, 0.717) is 17.4 Å². The fourth-order valence-electron chi connectivity index (χ4n) is 12.4. The number of allylic oxidation sites excluding steroid dienone is 2. The summed E-state index contributed by atoms with van der Waals surface area (Å²) in [6.45, 7) is 4.97. The number of likely N-dealkylation sites (N-methyl/N-ethyl adjacent to an activating group) is 1. The molecule has 0 aliphatic heterocycles. The first-order chi connectivity index (χ1) is 43.6. The Morgan fingerprint density at radius 1 is 0.326 bits per heavy atom. The summed E-state index contributed by atoms with van der Waals surface area (Å²) in [7, 11) is 6.00. The summed E-state index contributed by atoms with van der Waals surface area (Å²) in [5.41, 5.74) is 0. The molecule has 0 radical (unpaired) electrons. The summed E-state index contributed by atoms with van der Waals surface area (Å²) in [5, 5.41) is 9.76. The molecule has 0 heterocycles. The second kappa shape index (κ2) is 71.9. The van der Waals surface area contributed by atoms with Crippen LogP contribution in [-0.4, -0.2) is 87.4 Å². The highest BCUT2D eigenvalue weighted by molar-refractivity contribution is 5.71. The maximum absolute atomic E-state index is 13.0. The van der Waals surface area contributed by atoms with Gasteiger partial charge in [-0.15, -0.1) is 0 Å². The maximum atomic E-state index is 13.0. The number of ether oxygens (including phenoxy) is 4. The number of carbonyl (C=O) groups is 3. The van der Waals surface area contributed by atoms with Gasteiger partial charge < -0.3 is 28.5 Å². The average Bonchev–Trinajstić information content (AvgIpc) is 3.64. The van der Waals surface area contributed by atoms with Crippen LogP contribution in [0.15, 0.2) is 12.2 Å². The first kappa shape index (κ1) is 87.0. The molecule has 1 N–H and O–H groups in total. The molecule has 2 atom stereocenters. The number of nitrogens with zero attached hydrogens (tertiary/aromatic N) is 1. The van der Waals surface area contributed by atoms with E-state index < -0.39 is 18.4 Å². The van der Waals surface area contributed by atoms with Crippen LogP contribution >= 0.6 is 0 Å². The van der Waals surface area contributed by atoms with Gasteiger partial charge in [-0.2, -0.15) is 0 Å². The molecule has 9 heteroatoms. The Morgan fingerprint density at radius 2 is 0.573 bits per heavy atom. The molecule has 0 bridgehead atoms. The molecule has 0 aromatic rings. The largest absolute Gasteiger partial charge is 0.477 e. The minimum Gasteiger partial charge on any atom is -0.477 e. The maximum Gasteiger partial charge on any atom is 0.361 e. The highest BCUT2D eigenvalue weighted by atomic mass is 16.7. The lowest BCUT2D eigenvalue weighted by Gasteiger charge is -2.25. The van der Waals surface area contributed by atoms with Gasteiger partial charge in [0.15, 0.2) is 6.10 Å². The molecule has 0 aromatic carbocycles. The minimum atomic E-state index is -1.51. The zero-order chi connectivity index (χ0) is 64.7. The fraction of sp³-hybridized carbons (Fsp3) is 0.938. The topological polar surface area (TPSA) is 108 Å². The van der Waals surface area contributed by atoms with Crippen LogP contribution in [0.2, 0.25) is 0 Å². The van der Waals surface area contributed by atoms with E-state index >= 15 is 0 Å². The molecule has 0 rings (SSSR count). The van der Waals surface area contributed by atoms with Gasteiger partial charge in [0, 0.05) is 12.8 Å². The molecule has 0 saturated heterocycles. The van der Waals surface area contributed by atoms with Crippen molar-refractivity contribution in [3.05, 3.63) is 12.2 Å². The van der Waals surface area contributed by atoms with Crippen molar-refractivity contribution in [3.8, 4) is 0 Å². The lowest BCUT2D eigenvalue weighted by Crippen LogP contribution is -2.40. The molecule has 528 valence electrons. The fourth-order valence-corrected chi connectivity index (χ4v) is 12.4. The third kappa shape index (κ3) is 73.3. The van der Waals surface area contributed by atoms with Crippen LogP contribution in [0.1, 0.15) is 425 Å². The molecule has 0 spiro atoms. The van der Waals surface area contributed by atoms with E-state index in [0.717, 1.165) is 38.5 Å². The van der Waals surface area contributed by atoms with Crippen LogP contribution < -0.4 is 0 Å². The van der Waals surface area contributed by atoms with Crippen LogP contribution in [0.25, 0.3) is 0 Å². The van der Waals surface area contributed by atoms with E-state index in [-0.39, 0.29) is 38.2 Å². The quantitative estimate of drug-likeness (QED) is 0.0211. The van der Waals surface area contributed by atoms with Gasteiger partial charge in [0.2, 0.25) is 0 Å². The molecule has 0 amide bonds. The summed E-state index contributed by atoms with van der Waals surface area (Å²) in [6.07, 6.45) is 86.6. The molecule has 0 aromatic heterocycles. The number of unbranched alkanes of at least 4 members (excludes halogenated alkanes) is 59. The molecule has 0 aliphatic carbocycles. The molecule has 0 fully saturated rings. The van der Waals surface area contributed by atoms with Gasteiger partial charge in [-0.25, -0.2) is 4.79 Å². The summed E-state index contributed by atoms with van der Waals surface area (Å²) in [6, 6.07) is 0. The van der Waals surface area contributed by atoms with Gasteiger partial charge in [-0.3, -0.25) is 9.59 Å². The van der Waals surface area contributed by atoms with Crippen molar-refractivity contribution in [3.63, 3.8) is 0 Å².